The molecule has 2 aliphatic rings. The van der Waals surface area contributed by atoms with Gasteiger partial charge >= 0.3 is 0 Å². The van der Waals surface area contributed by atoms with Crippen molar-refractivity contribution in [3.05, 3.63) is 70.4 Å². The van der Waals surface area contributed by atoms with E-state index in [4.69, 9.17) is 0 Å². The SMILES string of the molecule is Cc1ccc2[nH]c3c(c2c1)CCN(C(=O)C(C)N1C(=O)c2ccccc2C1=O)CC3. The lowest BCUT2D eigenvalue weighted by molar-refractivity contribution is -0.134. The number of carbonyl (C=O) groups excluding carboxylic acids is 3. The topological polar surface area (TPSA) is 73.5 Å². The van der Waals surface area contributed by atoms with Gasteiger partial charge in [0.15, 0.2) is 0 Å². The lowest BCUT2D eigenvalue weighted by Gasteiger charge is -2.28. The molecule has 0 saturated heterocycles. The van der Waals surface area contributed by atoms with Gasteiger partial charge in [-0.3, -0.25) is 19.3 Å². The van der Waals surface area contributed by atoms with E-state index in [9.17, 15) is 14.4 Å². The number of hydrogen-bond donors (Lipinski definition) is 1. The number of benzene rings is 2. The maximum Gasteiger partial charge on any atom is 0.262 e. The maximum atomic E-state index is 13.2. The molecule has 1 atom stereocenters. The summed E-state index contributed by atoms with van der Waals surface area (Å²) < 4.78 is 0. The fourth-order valence-corrected chi connectivity index (χ4v) is 4.68. The monoisotopic (exact) mass is 401 g/mol. The van der Waals surface area contributed by atoms with Gasteiger partial charge in [-0.2, -0.15) is 0 Å². The number of aromatic amines is 1. The lowest BCUT2D eigenvalue weighted by Crippen LogP contribution is -2.50. The summed E-state index contributed by atoms with van der Waals surface area (Å²) in [6.07, 6.45) is 1.48. The number of fused-ring (bicyclic) bond motifs is 4. The molecule has 0 radical (unpaired) electrons. The zero-order valence-corrected chi connectivity index (χ0v) is 17.1. The Bertz CT molecular complexity index is 1170. The van der Waals surface area contributed by atoms with E-state index >= 15 is 0 Å². The molecule has 0 bridgehead atoms. The highest BCUT2D eigenvalue weighted by molar-refractivity contribution is 6.22. The number of carbonyl (C=O) groups is 3. The number of nitrogens with one attached hydrogen (secondary N) is 1. The zero-order chi connectivity index (χ0) is 21.0. The fourth-order valence-electron chi connectivity index (χ4n) is 4.68. The van der Waals surface area contributed by atoms with Gasteiger partial charge in [-0.05, 0) is 50.1 Å². The fraction of sp³-hybridized carbons (Fsp3) is 0.292. The molecule has 0 fully saturated rings. The van der Waals surface area contributed by atoms with E-state index in [0.717, 1.165) is 23.3 Å². The van der Waals surface area contributed by atoms with Gasteiger partial charge in [-0.15, -0.1) is 0 Å². The Morgan fingerprint density at radius 1 is 1.00 bits per heavy atom. The molecule has 3 heterocycles. The van der Waals surface area contributed by atoms with Crippen molar-refractivity contribution in [3.8, 4) is 0 Å². The molecule has 1 unspecified atom stereocenters. The number of hydrogen-bond acceptors (Lipinski definition) is 3. The zero-order valence-electron chi connectivity index (χ0n) is 17.1. The molecule has 5 rings (SSSR count). The Morgan fingerprint density at radius 2 is 1.67 bits per heavy atom. The molecule has 30 heavy (non-hydrogen) atoms. The van der Waals surface area contributed by atoms with Crippen LogP contribution in [-0.4, -0.2) is 51.6 Å². The van der Waals surface area contributed by atoms with Crippen LogP contribution in [0.1, 0.15) is 44.5 Å². The number of nitrogens with zero attached hydrogens (tertiary/aromatic N) is 2. The van der Waals surface area contributed by atoms with Gasteiger partial charge in [-0.25, -0.2) is 0 Å². The van der Waals surface area contributed by atoms with Gasteiger partial charge < -0.3 is 9.88 Å². The van der Waals surface area contributed by atoms with Crippen molar-refractivity contribution < 1.29 is 14.4 Å². The number of aromatic nitrogens is 1. The first-order valence-corrected chi connectivity index (χ1v) is 10.3. The second-order valence-electron chi connectivity index (χ2n) is 8.16. The Kier molecular flexibility index (Phi) is 4.24. The Balaban J connectivity index is 1.36. The lowest BCUT2D eigenvalue weighted by atomic mass is 10.1. The summed E-state index contributed by atoms with van der Waals surface area (Å²) in [5.74, 6) is -0.967. The predicted octanol–water partition coefficient (Wildman–Crippen LogP) is 3.09. The molecule has 0 saturated carbocycles. The standard InChI is InChI=1S/C24H23N3O3/c1-14-7-8-20-19(13-14)16-9-11-26(12-10-21(16)25-20)22(28)15(2)27-23(29)17-5-3-4-6-18(17)24(27)30/h3-8,13,15,25H,9-12H2,1-2H3. The van der Waals surface area contributed by atoms with Crippen LogP contribution in [0.4, 0.5) is 0 Å². The van der Waals surface area contributed by atoms with Crippen molar-refractivity contribution in [2.24, 2.45) is 0 Å². The molecule has 0 aliphatic carbocycles. The van der Waals surface area contributed by atoms with Gasteiger partial charge in [0, 0.05) is 36.1 Å². The summed E-state index contributed by atoms with van der Waals surface area (Å²) in [5.41, 5.74) is 5.51. The van der Waals surface area contributed by atoms with E-state index in [-0.39, 0.29) is 5.91 Å². The quantitative estimate of drug-likeness (QED) is 0.671. The summed E-state index contributed by atoms with van der Waals surface area (Å²) in [7, 11) is 0. The molecule has 6 heteroatoms. The molecule has 152 valence electrons. The molecule has 1 aromatic heterocycles. The first-order chi connectivity index (χ1) is 14.5. The van der Waals surface area contributed by atoms with Crippen LogP contribution in [-0.2, 0) is 17.6 Å². The van der Waals surface area contributed by atoms with E-state index in [1.54, 1.807) is 36.1 Å². The van der Waals surface area contributed by atoms with Crippen LogP contribution in [0, 0.1) is 6.92 Å². The van der Waals surface area contributed by atoms with Crippen LogP contribution >= 0.6 is 0 Å². The van der Waals surface area contributed by atoms with Gasteiger partial charge in [-0.1, -0.05) is 23.8 Å². The number of rotatable bonds is 2. The average Bonchev–Trinajstić information content (AvgIpc) is 3.11. The van der Waals surface area contributed by atoms with Crippen LogP contribution in [0.3, 0.4) is 0 Å². The smallest absolute Gasteiger partial charge is 0.262 e. The van der Waals surface area contributed by atoms with Crippen molar-refractivity contribution in [2.75, 3.05) is 13.1 Å². The number of H-pyrrole nitrogens is 1. The highest BCUT2D eigenvalue weighted by Gasteiger charge is 2.41. The third-order valence-electron chi connectivity index (χ3n) is 6.30. The molecule has 2 aromatic carbocycles. The van der Waals surface area contributed by atoms with E-state index in [1.807, 2.05) is 0 Å². The minimum absolute atomic E-state index is 0.185. The normalized spacial score (nSPS) is 17.1. The molecule has 1 N–H and O–H groups in total. The van der Waals surface area contributed by atoms with Gasteiger partial charge in [0.2, 0.25) is 5.91 Å². The Labute approximate surface area is 174 Å². The third-order valence-corrected chi connectivity index (χ3v) is 6.30. The highest BCUT2D eigenvalue weighted by Crippen LogP contribution is 2.28. The van der Waals surface area contributed by atoms with Crippen molar-refractivity contribution in [1.29, 1.82) is 0 Å². The third kappa shape index (κ3) is 2.75. The summed E-state index contributed by atoms with van der Waals surface area (Å²) >= 11 is 0. The van der Waals surface area contributed by atoms with E-state index < -0.39 is 17.9 Å². The first kappa shape index (κ1) is 18.6. The molecular formula is C24H23N3O3. The van der Waals surface area contributed by atoms with Crippen LogP contribution < -0.4 is 0 Å². The van der Waals surface area contributed by atoms with Crippen molar-refractivity contribution in [3.63, 3.8) is 0 Å². The van der Waals surface area contributed by atoms with E-state index in [0.29, 0.717) is 24.2 Å². The minimum Gasteiger partial charge on any atom is -0.358 e. The van der Waals surface area contributed by atoms with Gasteiger partial charge in [0.25, 0.3) is 11.8 Å². The molecule has 6 nitrogen and oxygen atoms in total. The first-order valence-electron chi connectivity index (χ1n) is 10.3. The van der Waals surface area contributed by atoms with Crippen LogP contribution in [0.5, 0.6) is 0 Å². The van der Waals surface area contributed by atoms with Crippen LogP contribution in [0.25, 0.3) is 10.9 Å². The van der Waals surface area contributed by atoms with E-state index in [2.05, 4.69) is 30.1 Å². The number of aryl methyl sites for hydroxylation is 1. The summed E-state index contributed by atoms with van der Waals surface area (Å²) in [6, 6.07) is 12.3. The second-order valence-corrected chi connectivity index (χ2v) is 8.16. The van der Waals surface area contributed by atoms with Crippen LogP contribution in [0.15, 0.2) is 42.5 Å². The number of imide groups is 1. The average molecular weight is 401 g/mol. The molecule has 3 aromatic rings. The van der Waals surface area contributed by atoms with E-state index in [1.165, 1.54) is 22.2 Å². The predicted molar refractivity (Wildman–Crippen MR) is 113 cm³/mol. The largest absolute Gasteiger partial charge is 0.358 e. The molecular weight excluding hydrogens is 378 g/mol. The van der Waals surface area contributed by atoms with Crippen molar-refractivity contribution >= 4 is 28.6 Å². The Hall–Kier alpha value is -3.41. The highest BCUT2D eigenvalue weighted by atomic mass is 16.2. The summed E-state index contributed by atoms with van der Waals surface area (Å²) in [6.45, 7) is 4.85. The van der Waals surface area contributed by atoms with Gasteiger partial charge in [0.1, 0.15) is 6.04 Å². The van der Waals surface area contributed by atoms with Gasteiger partial charge in [0.05, 0.1) is 11.1 Å². The second kappa shape index (κ2) is 6.83. The molecule has 0 spiro atoms. The Morgan fingerprint density at radius 3 is 2.37 bits per heavy atom. The van der Waals surface area contributed by atoms with Crippen molar-refractivity contribution in [1.82, 2.24) is 14.8 Å². The van der Waals surface area contributed by atoms with Crippen LogP contribution in [0.2, 0.25) is 0 Å². The minimum atomic E-state index is -0.826. The molecule has 3 amide bonds. The maximum absolute atomic E-state index is 13.2. The molecule has 2 aliphatic heterocycles. The summed E-state index contributed by atoms with van der Waals surface area (Å²) in [4.78, 5) is 45.1. The number of amides is 3. The summed E-state index contributed by atoms with van der Waals surface area (Å²) in [5, 5.41) is 1.22. The van der Waals surface area contributed by atoms with Crippen molar-refractivity contribution in [2.45, 2.75) is 32.7 Å².